The lowest BCUT2D eigenvalue weighted by Crippen LogP contribution is -2.37. The topological polar surface area (TPSA) is 52.6 Å². The molecule has 5 rings (SSSR count). The lowest BCUT2D eigenvalue weighted by Gasteiger charge is -2.38. The molecule has 0 radical (unpaired) electrons. The maximum Gasteiger partial charge on any atom is 0.199 e. The highest BCUT2D eigenvalue weighted by molar-refractivity contribution is 7.79. The van der Waals surface area contributed by atoms with Crippen molar-refractivity contribution in [1.82, 2.24) is 0 Å². The maximum absolute atomic E-state index is 15.0. The minimum absolute atomic E-state index is 0.563. The Kier molecular flexibility index (Phi) is 3.75. The molecule has 3 aliphatic heterocycles. The van der Waals surface area contributed by atoms with Gasteiger partial charge in [0.25, 0.3) is 0 Å². The predicted molar refractivity (Wildman–Crippen MR) is 118 cm³/mol. The SMILES string of the molecule is Cc1cccc2c1[P@@]1(=O)[C@H](O2)[C@H]2Oc3cccc(C)c3[P@]2(=O)C(C)(C)CC1(C)C. The Labute approximate surface area is 172 Å². The molecule has 0 bridgehead atoms. The molecule has 6 heteroatoms. The molecule has 2 aromatic carbocycles. The van der Waals surface area contributed by atoms with E-state index < -0.39 is 36.3 Å². The summed E-state index contributed by atoms with van der Waals surface area (Å²) in [6, 6.07) is 11.6. The number of hydrogen-bond donors (Lipinski definition) is 0. The van der Waals surface area contributed by atoms with Crippen LogP contribution in [0.5, 0.6) is 11.5 Å². The minimum atomic E-state index is -3.10. The quantitative estimate of drug-likeness (QED) is 0.527. The first-order chi connectivity index (χ1) is 13.4. The van der Waals surface area contributed by atoms with Crippen LogP contribution in [0.25, 0.3) is 0 Å². The van der Waals surface area contributed by atoms with E-state index in [1.165, 1.54) is 0 Å². The zero-order valence-corrected chi connectivity index (χ0v) is 19.6. The number of hydrogen-bond acceptors (Lipinski definition) is 4. The average molecular weight is 430 g/mol. The Morgan fingerprint density at radius 2 is 1.14 bits per heavy atom. The molecule has 0 aromatic heterocycles. The van der Waals surface area contributed by atoms with Gasteiger partial charge in [-0.25, -0.2) is 0 Å². The van der Waals surface area contributed by atoms with E-state index in [1.807, 2.05) is 50.2 Å². The van der Waals surface area contributed by atoms with Crippen LogP contribution in [0.15, 0.2) is 36.4 Å². The summed E-state index contributed by atoms with van der Waals surface area (Å²) in [6.45, 7) is 12.2. The van der Waals surface area contributed by atoms with E-state index in [0.717, 1.165) is 21.7 Å². The van der Waals surface area contributed by atoms with Gasteiger partial charge in [0, 0.05) is 10.3 Å². The van der Waals surface area contributed by atoms with Crippen LogP contribution in [0.1, 0.15) is 45.2 Å². The Balaban J connectivity index is 1.85. The van der Waals surface area contributed by atoms with Gasteiger partial charge in [-0.15, -0.1) is 0 Å². The van der Waals surface area contributed by atoms with Crippen molar-refractivity contribution in [2.45, 2.75) is 70.0 Å². The first-order valence-corrected chi connectivity index (χ1v) is 13.7. The molecule has 0 aliphatic carbocycles. The van der Waals surface area contributed by atoms with Crippen molar-refractivity contribution in [3.05, 3.63) is 47.5 Å². The molecule has 4 nitrogen and oxygen atoms in total. The van der Waals surface area contributed by atoms with Gasteiger partial charge in [0.05, 0.1) is 10.6 Å². The molecule has 0 N–H and O–H groups in total. The summed E-state index contributed by atoms with van der Waals surface area (Å²) in [5.41, 5.74) is 1.95. The van der Waals surface area contributed by atoms with Crippen LogP contribution in [0.4, 0.5) is 0 Å². The number of aryl methyl sites for hydroxylation is 2. The van der Waals surface area contributed by atoms with Gasteiger partial charge in [-0.3, -0.25) is 0 Å². The second-order valence-electron chi connectivity index (χ2n) is 9.98. The first-order valence-electron chi connectivity index (χ1n) is 10.2. The largest absolute Gasteiger partial charge is 0.477 e. The molecule has 0 amide bonds. The summed E-state index contributed by atoms with van der Waals surface area (Å²) in [5, 5.41) is 0.505. The van der Waals surface area contributed by atoms with Crippen molar-refractivity contribution in [3.8, 4) is 11.5 Å². The summed E-state index contributed by atoms with van der Waals surface area (Å²) in [7, 11) is -6.21. The second kappa shape index (κ2) is 5.59. The first kappa shape index (κ1) is 19.5. The zero-order valence-electron chi connectivity index (χ0n) is 17.9. The third-order valence-electron chi connectivity index (χ3n) is 7.19. The molecule has 1 fully saturated rings. The Hall–Kier alpha value is -1.50. The molecule has 0 saturated carbocycles. The van der Waals surface area contributed by atoms with Crippen molar-refractivity contribution in [3.63, 3.8) is 0 Å². The standard InChI is InChI=1S/C23H28O4P2/c1-14-9-7-11-16-18(14)28(24)20(26-16)21-27-17-12-8-10-15(2)19(17)29(21,25)23(5,6)13-22(28,3)4/h7-12,20-21H,13H2,1-6H3/t20-,21-,28+,29+/m0/s1. The van der Waals surface area contributed by atoms with E-state index in [9.17, 15) is 9.13 Å². The van der Waals surface area contributed by atoms with E-state index in [2.05, 4.69) is 27.7 Å². The zero-order chi connectivity index (χ0) is 21.0. The normalized spacial score (nSPS) is 35.4. The van der Waals surface area contributed by atoms with Gasteiger partial charge in [0.15, 0.2) is 26.0 Å². The minimum Gasteiger partial charge on any atom is -0.477 e. The van der Waals surface area contributed by atoms with E-state index in [1.54, 1.807) is 0 Å². The molecule has 2 aromatic rings. The fourth-order valence-corrected chi connectivity index (χ4v) is 15.1. The van der Waals surface area contributed by atoms with Crippen LogP contribution in [-0.2, 0) is 9.13 Å². The summed E-state index contributed by atoms with van der Waals surface area (Å²) >= 11 is 0. The van der Waals surface area contributed by atoms with E-state index in [4.69, 9.17) is 9.47 Å². The molecule has 3 heterocycles. The van der Waals surface area contributed by atoms with Crippen LogP contribution in [0.3, 0.4) is 0 Å². The molecular formula is C23H28O4P2. The van der Waals surface area contributed by atoms with E-state index in [0.29, 0.717) is 17.9 Å². The van der Waals surface area contributed by atoms with Crippen molar-refractivity contribution in [2.24, 2.45) is 0 Å². The van der Waals surface area contributed by atoms with Crippen LogP contribution in [-0.4, -0.2) is 22.0 Å². The molecule has 0 unspecified atom stereocenters. The number of ether oxygens (including phenoxy) is 2. The van der Waals surface area contributed by atoms with Crippen LogP contribution < -0.4 is 20.1 Å². The van der Waals surface area contributed by atoms with E-state index in [-0.39, 0.29) is 0 Å². The van der Waals surface area contributed by atoms with Gasteiger partial charge in [-0.2, -0.15) is 0 Å². The summed E-state index contributed by atoms with van der Waals surface area (Å²) < 4.78 is 42.8. The van der Waals surface area contributed by atoms with Gasteiger partial charge in [0.1, 0.15) is 11.5 Å². The number of fused-ring (bicyclic) bond motifs is 7. The highest BCUT2D eigenvalue weighted by Gasteiger charge is 2.71. The van der Waals surface area contributed by atoms with Crippen molar-refractivity contribution in [2.75, 3.05) is 0 Å². The monoisotopic (exact) mass is 430 g/mol. The number of benzene rings is 2. The Morgan fingerprint density at radius 3 is 1.52 bits per heavy atom. The van der Waals surface area contributed by atoms with Crippen molar-refractivity contribution >= 4 is 24.9 Å². The molecule has 0 spiro atoms. The van der Waals surface area contributed by atoms with Crippen LogP contribution in [0.2, 0.25) is 0 Å². The second-order valence-corrected chi connectivity index (χ2v) is 16.9. The lowest BCUT2D eigenvalue weighted by molar-refractivity contribution is 0.164. The molecule has 4 atom stereocenters. The Bertz CT molecular complexity index is 1060. The van der Waals surface area contributed by atoms with Crippen molar-refractivity contribution in [1.29, 1.82) is 0 Å². The lowest BCUT2D eigenvalue weighted by atomic mass is 9.99. The van der Waals surface area contributed by atoms with Crippen LogP contribution in [0, 0.1) is 13.8 Å². The predicted octanol–water partition coefficient (Wildman–Crippen LogP) is 5.38. The van der Waals surface area contributed by atoms with Gasteiger partial charge < -0.3 is 18.6 Å². The maximum atomic E-state index is 15.0. The third-order valence-corrected chi connectivity index (χ3v) is 16.0. The summed E-state index contributed by atoms with van der Waals surface area (Å²) in [4.78, 5) is 0. The highest BCUT2D eigenvalue weighted by atomic mass is 31.2. The van der Waals surface area contributed by atoms with Gasteiger partial charge >= 0.3 is 0 Å². The smallest absolute Gasteiger partial charge is 0.199 e. The third kappa shape index (κ3) is 2.13. The average Bonchev–Trinajstić information content (AvgIpc) is 3.09. The fourth-order valence-electron chi connectivity index (χ4n) is 6.03. The molecule has 1 saturated heterocycles. The molecule has 29 heavy (non-hydrogen) atoms. The van der Waals surface area contributed by atoms with Crippen molar-refractivity contribution < 1.29 is 18.6 Å². The fraction of sp³-hybridized carbons (Fsp3) is 0.478. The molecular weight excluding hydrogens is 402 g/mol. The molecule has 154 valence electrons. The Morgan fingerprint density at radius 1 is 0.759 bits per heavy atom. The van der Waals surface area contributed by atoms with Crippen LogP contribution >= 0.6 is 14.3 Å². The summed E-state index contributed by atoms with van der Waals surface area (Å²) in [5.74, 6) is -0.135. The highest BCUT2D eigenvalue weighted by Crippen LogP contribution is 2.80. The van der Waals surface area contributed by atoms with E-state index >= 15 is 0 Å². The van der Waals surface area contributed by atoms with Gasteiger partial charge in [0.2, 0.25) is 0 Å². The van der Waals surface area contributed by atoms with Gasteiger partial charge in [-0.1, -0.05) is 52.0 Å². The molecule has 3 aliphatic rings. The van der Waals surface area contributed by atoms with Gasteiger partial charge in [-0.05, 0) is 43.5 Å². The number of rotatable bonds is 0. The summed E-state index contributed by atoms with van der Waals surface area (Å²) in [6.07, 6.45) is 0.579.